The van der Waals surface area contributed by atoms with Crippen molar-refractivity contribution >= 4 is 0 Å². The van der Waals surface area contributed by atoms with Crippen molar-refractivity contribution in [2.45, 2.75) is 12.8 Å². The van der Waals surface area contributed by atoms with Gasteiger partial charge in [-0.3, -0.25) is 0 Å². The summed E-state index contributed by atoms with van der Waals surface area (Å²) in [5.41, 5.74) is 1.34. The molecule has 1 N–H and O–H groups in total. The van der Waals surface area contributed by atoms with Crippen molar-refractivity contribution in [2.75, 3.05) is 47.6 Å². The van der Waals surface area contributed by atoms with E-state index in [-0.39, 0.29) is 0 Å². The molecule has 0 bridgehead atoms. The van der Waals surface area contributed by atoms with E-state index in [0.29, 0.717) is 19.1 Å². The van der Waals surface area contributed by atoms with E-state index in [1.165, 1.54) is 5.56 Å². The normalized spacial score (nSPS) is 12.3. The van der Waals surface area contributed by atoms with Gasteiger partial charge in [0.1, 0.15) is 5.75 Å². The van der Waals surface area contributed by atoms with E-state index < -0.39 is 0 Å². The number of methoxy groups -OCH3 is 2. The second kappa shape index (κ2) is 10.7. The van der Waals surface area contributed by atoms with Crippen molar-refractivity contribution < 1.29 is 14.2 Å². The van der Waals surface area contributed by atoms with E-state index in [0.717, 1.165) is 31.7 Å². The van der Waals surface area contributed by atoms with Crippen molar-refractivity contribution in [1.82, 2.24) is 5.32 Å². The fourth-order valence-corrected chi connectivity index (χ4v) is 2.15. The highest BCUT2D eigenvalue weighted by Crippen LogP contribution is 2.16. The monoisotopic (exact) mass is 281 g/mol. The smallest absolute Gasteiger partial charge is 0.118 e. The fraction of sp³-hybridized carbons (Fsp3) is 0.625. The molecule has 0 saturated carbocycles. The van der Waals surface area contributed by atoms with Gasteiger partial charge < -0.3 is 19.5 Å². The van der Waals surface area contributed by atoms with E-state index in [4.69, 9.17) is 14.2 Å². The molecule has 114 valence electrons. The van der Waals surface area contributed by atoms with Crippen molar-refractivity contribution in [2.24, 2.45) is 5.92 Å². The third-order valence-corrected chi connectivity index (χ3v) is 3.28. The van der Waals surface area contributed by atoms with Crippen LogP contribution in [0.4, 0.5) is 0 Å². The Bertz CT molecular complexity index is 340. The summed E-state index contributed by atoms with van der Waals surface area (Å²) in [5.74, 6) is 1.48. The first-order valence-corrected chi connectivity index (χ1v) is 7.14. The maximum Gasteiger partial charge on any atom is 0.118 e. The van der Waals surface area contributed by atoms with Gasteiger partial charge in [0, 0.05) is 13.7 Å². The molecule has 1 atom stereocenters. The second-order valence-electron chi connectivity index (χ2n) is 4.87. The summed E-state index contributed by atoms with van der Waals surface area (Å²) in [6, 6.07) is 8.29. The van der Waals surface area contributed by atoms with Crippen LogP contribution in [0, 0.1) is 5.92 Å². The Kier molecular flexibility index (Phi) is 9.04. The molecule has 1 unspecified atom stereocenters. The molecule has 0 aliphatic rings. The Hall–Kier alpha value is -1.10. The van der Waals surface area contributed by atoms with Crippen LogP contribution in [0.25, 0.3) is 0 Å². The number of rotatable bonds is 11. The molecule has 0 aliphatic carbocycles. The van der Waals surface area contributed by atoms with E-state index in [1.807, 2.05) is 19.2 Å². The molecule has 4 nitrogen and oxygen atoms in total. The summed E-state index contributed by atoms with van der Waals surface area (Å²) in [4.78, 5) is 0. The van der Waals surface area contributed by atoms with Crippen LogP contribution in [0.1, 0.15) is 12.0 Å². The predicted molar refractivity (Wildman–Crippen MR) is 81.4 cm³/mol. The van der Waals surface area contributed by atoms with Crippen LogP contribution >= 0.6 is 0 Å². The molecular weight excluding hydrogens is 254 g/mol. The lowest BCUT2D eigenvalue weighted by Crippen LogP contribution is -2.22. The van der Waals surface area contributed by atoms with Crippen LogP contribution in [0.3, 0.4) is 0 Å². The second-order valence-corrected chi connectivity index (χ2v) is 4.87. The van der Waals surface area contributed by atoms with Gasteiger partial charge in [0.25, 0.3) is 0 Å². The highest BCUT2D eigenvalue weighted by Gasteiger charge is 2.09. The first-order valence-electron chi connectivity index (χ1n) is 7.14. The van der Waals surface area contributed by atoms with Crippen molar-refractivity contribution in [3.63, 3.8) is 0 Å². The Morgan fingerprint density at radius 2 is 1.80 bits per heavy atom. The lowest BCUT2D eigenvalue weighted by Gasteiger charge is -2.17. The van der Waals surface area contributed by atoms with Crippen LogP contribution in [0.15, 0.2) is 24.3 Å². The summed E-state index contributed by atoms with van der Waals surface area (Å²) >= 11 is 0. The van der Waals surface area contributed by atoms with Gasteiger partial charge in [-0.1, -0.05) is 12.1 Å². The standard InChI is InChI=1S/C16H27NO3/c1-17-13-15(8-9-20-11-10-18-2)12-14-4-6-16(19-3)7-5-14/h4-7,15,17H,8-13H2,1-3H3. The molecule has 4 heteroatoms. The van der Waals surface area contributed by atoms with Crippen LogP contribution in [-0.4, -0.2) is 47.6 Å². The third kappa shape index (κ3) is 6.89. The predicted octanol–water partition coefficient (Wildman–Crippen LogP) is 2.13. The minimum atomic E-state index is 0.580. The minimum absolute atomic E-state index is 0.580. The molecule has 0 aromatic heterocycles. The number of ether oxygens (including phenoxy) is 3. The van der Waals surface area contributed by atoms with E-state index >= 15 is 0 Å². The molecule has 0 fully saturated rings. The summed E-state index contributed by atoms with van der Waals surface area (Å²) in [6.07, 6.45) is 2.11. The fourth-order valence-electron chi connectivity index (χ4n) is 2.15. The molecule has 1 aromatic rings. The van der Waals surface area contributed by atoms with Crippen molar-refractivity contribution in [3.8, 4) is 5.75 Å². The van der Waals surface area contributed by atoms with E-state index in [9.17, 15) is 0 Å². The van der Waals surface area contributed by atoms with E-state index in [1.54, 1.807) is 14.2 Å². The molecule has 0 saturated heterocycles. The van der Waals surface area contributed by atoms with Gasteiger partial charge in [0.2, 0.25) is 0 Å². The van der Waals surface area contributed by atoms with Crippen LogP contribution < -0.4 is 10.1 Å². The van der Waals surface area contributed by atoms with Gasteiger partial charge >= 0.3 is 0 Å². The van der Waals surface area contributed by atoms with Crippen LogP contribution in [0.5, 0.6) is 5.75 Å². The topological polar surface area (TPSA) is 39.7 Å². The van der Waals surface area contributed by atoms with E-state index in [2.05, 4.69) is 17.4 Å². The Morgan fingerprint density at radius 3 is 2.40 bits per heavy atom. The van der Waals surface area contributed by atoms with Crippen molar-refractivity contribution in [3.05, 3.63) is 29.8 Å². The molecule has 1 aromatic carbocycles. The zero-order valence-electron chi connectivity index (χ0n) is 12.9. The lowest BCUT2D eigenvalue weighted by atomic mass is 9.96. The van der Waals surface area contributed by atoms with Gasteiger partial charge in [-0.25, -0.2) is 0 Å². The van der Waals surface area contributed by atoms with Crippen molar-refractivity contribution in [1.29, 1.82) is 0 Å². The molecule has 0 heterocycles. The average Bonchev–Trinajstić information content (AvgIpc) is 2.48. The molecule has 1 rings (SSSR count). The van der Waals surface area contributed by atoms with Crippen LogP contribution in [0.2, 0.25) is 0 Å². The molecule has 0 spiro atoms. The number of nitrogens with one attached hydrogen (secondary N) is 1. The lowest BCUT2D eigenvalue weighted by molar-refractivity contribution is 0.0637. The maximum absolute atomic E-state index is 5.55. The number of hydrogen-bond donors (Lipinski definition) is 1. The summed E-state index contributed by atoms with van der Waals surface area (Å²) in [6.45, 7) is 3.12. The zero-order valence-corrected chi connectivity index (χ0v) is 12.9. The number of benzene rings is 1. The Balaban J connectivity index is 2.36. The van der Waals surface area contributed by atoms with Gasteiger partial charge in [-0.2, -0.15) is 0 Å². The van der Waals surface area contributed by atoms with Gasteiger partial charge in [0.05, 0.1) is 20.3 Å². The SMILES string of the molecule is CNCC(CCOCCOC)Cc1ccc(OC)cc1. The quantitative estimate of drug-likeness (QED) is 0.631. The highest BCUT2D eigenvalue weighted by atomic mass is 16.5. The Morgan fingerprint density at radius 1 is 1.05 bits per heavy atom. The van der Waals surface area contributed by atoms with Gasteiger partial charge in [-0.15, -0.1) is 0 Å². The largest absolute Gasteiger partial charge is 0.497 e. The molecule has 0 amide bonds. The summed E-state index contributed by atoms with van der Waals surface area (Å²) < 4.78 is 15.7. The average molecular weight is 281 g/mol. The maximum atomic E-state index is 5.55. The minimum Gasteiger partial charge on any atom is -0.497 e. The Labute approximate surface area is 122 Å². The van der Waals surface area contributed by atoms with Crippen LogP contribution in [-0.2, 0) is 15.9 Å². The molecule has 0 radical (unpaired) electrons. The summed E-state index contributed by atoms with van der Waals surface area (Å²) in [7, 11) is 5.37. The first kappa shape index (κ1) is 17.0. The first-order chi connectivity index (χ1) is 9.80. The van der Waals surface area contributed by atoms with Gasteiger partial charge in [0.15, 0.2) is 0 Å². The molecule has 20 heavy (non-hydrogen) atoms. The number of hydrogen-bond acceptors (Lipinski definition) is 4. The highest BCUT2D eigenvalue weighted by molar-refractivity contribution is 5.27. The molecule has 0 aliphatic heterocycles. The zero-order chi connectivity index (χ0) is 14.6. The third-order valence-electron chi connectivity index (χ3n) is 3.28. The van der Waals surface area contributed by atoms with Gasteiger partial charge in [-0.05, 0) is 50.0 Å². The summed E-state index contributed by atoms with van der Waals surface area (Å²) in [5, 5.41) is 3.26. The molecular formula is C16H27NO3.